The van der Waals surface area contributed by atoms with Crippen LogP contribution in [0.3, 0.4) is 0 Å². The number of hydrogen-bond donors (Lipinski definition) is 3. The number of hydrogen-bond acceptors (Lipinski definition) is 4. The van der Waals surface area contributed by atoms with Crippen molar-refractivity contribution in [2.24, 2.45) is 0 Å². The number of urea groups is 1. The molecular formula is C28H29FN4O4. The monoisotopic (exact) mass is 504 g/mol. The van der Waals surface area contributed by atoms with E-state index in [0.717, 1.165) is 18.1 Å². The normalized spacial score (nSPS) is 15.0. The first-order chi connectivity index (χ1) is 17.7. The summed E-state index contributed by atoms with van der Waals surface area (Å²) in [7, 11) is 0. The molecule has 2 aromatic carbocycles. The third-order valence-corrected chi connectivity index (χ3v) is 6.45. The highest BCUT2D eigenvalue weighted by Gasteiger charge is 2.34. The first-order valence-corrected chi connectivity index (χ1v) is 12.2. The Kier molecular flexibility index (Phi) is 7.81. The highest BCUT2D eigenvalue weighted by Crippen LogP contribution is 2.24. The fourth-order valence-corrected chi connectivity index (χ4v) is 4.30. The summed E-state index contributed by atoms with van der Waals surface area (Å²) in [5.74, 6) is -1.77. The topological polar surface area (TPSA) is 112 Å². The molecule has 9 heteroatoms. The molecule has 37 heavy (non-hydrogen) atoms. The molecule has 3 amide bonds. The number of halogens is 1. The molecule has 0 spiro atoms. The van der Waals surface area contributed by atoms with Crippen LogP contribution in [0.25, 0.3) is 11.1 Å². The summed E-state index contributed by atoms with van der Waals surface area (Å²) in [4.78, 5) is 42.5. The number of benzene rings is 2. The van der Waals surface area contributed by atoms with E-state index in [0.29, 0.717) is 42.4 Å². The summed E-state index contributed by atoms with van der Waals surface area (Å²) < 4.78 is 14.0. The van der Waals surface area contributed by atoms with Crippen molar-refractivity contribution in [1.29, 1.82) is 0 Å². The van der Waals surface area contributed by atoms with Crippen LogP contribution in [0.2, 0.25) is 0 Å². The Morgan fingerprint density at radius 2 is 1.81 bits per heavy atom. The predicted octanol–water partition coefficient (Wildman–Crippen LogP) is 5.02. The van der Waals surface area contributed by atoms with Crippen LogP contribution in [0, 0.1) is 5.82 Å². The van der Waals surface area contributed by atoms with Crippen LogP contribution in [0.1, 0.15) is 54.1 Å². The van der Waals surface area contributed by atoms with Gasteiger partial charge in [-0.25, -0.2) is 19.0 Å². The minimum Gasteiger partial charge on any atom is -0.478 e. The number of rotatable bonds is 7. The third kappa shape index (κ3) is 6.11. The Hall–Kier alpha value is -4.27. The van der Waals surface area contributed by atoms with Gasteiger partial charge in [0.25, 0.3) is 0 Å². The minimum absolute atomic E-state index is 0.291. The van der Waals surface area contributed by atoms with Crippen LogP contribution >= 0.6 is 0 Å². The van der Waals surface area contributed by atoms with Crippen LogP contribution in [-0.2, 0) is 11.3 Å². The first-order valence-electron chi connectivity index (χ1n) is 12.2. The molecule has 192 valence electrons. The van der Waals surface area contributed by atoms with E-state index in [4.69, 9.17) is 5.11 Å². The number of aromatic carboxylic acids is 1. The molecule has 0 saturated carbocycles. The van der Waals surface area contributed by atoms with Gasteiger partial charge in [-0.1, -0.05) is 44.2 Å². The van der Waals surface area contributed by atoms with Crippen LogP contribution in [0.15, 0.2) is 60.8 Å². The van der Waals surface area contributed by atoms with Gasteiger partial charge in [-0.2, -0.15) is 0 Å². The van der Waals surface area contributed by atoms with Gasteiger partial charge in [0.1, 0.15) is 17.7 Å². The van der Waals surface area contributed by atoms with Crippen molar-refractivity contribution >= 4 is 23.7 Å². The maximum atomic E-state index is 14.0. The highest BCUT2D eigenvalue weighted by atomic mass is 19.1. The zero-order valence-corrected chi connectivity index (χ0v) is 20.7. The molecule has 0 bridgehead atoms. The Bertz CT molecular complexity index is 1290. The summed E-state index contributed by atoms with van der Waals surface area (Å²) in [5.41, 5.74) is 2.84. The molecule has 3 aromatic rings. The summed E-state index contributed by atoms with van der Waals surface area (Å²) in [6.07, 6.45) is 2.74. The van der Waals surface area contributed by atoms with Crippen LogP contribution in [0.4, 0.5) is 15.0 Å². The van der Waals surface area contributed by atoms with E-state index in [1.807, 2.05) is 12.1 Å². The molecule has 1 fully saturated rings. The van der Waals surface area contributed by atoms with Gasteiger partial charge in [0.2, 0.25) is 5.91 Å². The molecule has 8 nitrogen and oxygen atoms in total. The lowest BCUT2D eigenvalue weighted by molar-refractivity contribution is -0.119. The fourth-order valence-electron chi connectivity index (χ4n) is 4.30. The third-order valence-electron chi connectivity index (χ3n) is 6.45. The second-order valence-corrected chi connectivity index (χ2v) is 9.33. The van der Waals surface area contributed by atoms with E-state index in [1.165, 1.54) is 23.9 Å². The van der Waals surface area contributed by atoms with Crippen molar-refractivity contribution in [3.05, 3.63) is 83.3 Å². The number of nitrogens with one attached hydrogen (secondary N) is 2. The zero-order chi connectivity index (χ0) is 26.5. The zero-order valence-electron chi connectivity index (χ0n) is 20.7. The van der Waals surface area contributed by atoms with Crippen LogP contribution in [-0.4, -0.2) is 45.5 Å². The summed E-state index contributed by atoms with van der Waals surface area (Å²) in [5, 5.41) is 14.6. The number of amides is 3. The molecule has 0 unspecified atom stereocenters. The van der Waals surface area contributed by atoms with Crippen molar-refractivity contribution in [3.8, 4) is 11.1 Å². The largest absolute Gasteiger partial charge is 0.478 e. The smallest absolute Gasteiger partial charge is 0.338 e. The maximum absolute atomic E-state index is 14.0. The Balaban J connectivity index is 1.35. The van der Waals surface area contributed by atoms with Crippen molar-refractivity contribution in [3.63, 3.8) is 0 Å². The highest BCUT2D eigenvalue weighted by molar-refractivity contribution is 5.96. The molecule has 2 heterocycles. The summed E-state index contributed by atoms with van der Waals surface area (Å²) in [6.45, 7) is 5.11. The number of carboxylic acid groups (broad SMARTS) is 1. The fraction of sp³-hybridized carbons (Fsp3) is 0.286. The van der Waals surface area contributed by atoms with Gasteiger partial charge in [0.05, 0.1) is 5.56 Å². The number of likely N-dealkylation sites (tertiary alicyclic amines) is 1. The van der Waals surface area contributed by atoms with E-state index >= 15 is 0 Å². The molecule has 4 rings (SSSR count). The quantitative estimate of drug-likeness (QED) is 0.418. The van der Waals surface area contributed by atoms with Gasteiger partial charge in [0, 0.05) is 24.8 Å². The number of carbonyl (C=O) groups excluding carboxylic acids is 2. The lowest BCUT2D eigenvalue weighted by Crippen LogP contribution is -2.47. The number of carbonyl (C=O) groups is 3. The number of pyridine rings is 1. The number of nitrogens with zero attached hydrogens (tertiary/aromatic N) is 2. The van der Waals surface area contributed by atoms with Crippen molar-refractivity contribution < 1.29 is 23.9 Å². The maximum Gasteiger partial charge on any atom is 0.338 e. The van der Waals surface area contributed by atoms with Gasteiger partial charge in [-0.15, -0.1) is 0 Å². The first kappa shape index (κ1) is 25.8. The lowest BCUT2D eigenvalue weighted by atomic mass is 10.0. The van der Waals surface area contributed by atoms with Crippen molar-refractivity contribution in [2.45, 2.75) is 45.2 Å². The number of carboxylic acids is 1. The van der Waals surface area contributed by atoms with Gasteiger partial charge >= 0.3 is 12.0 Å². The van der Waals surface area contributed by atoms with E-state index < -0.39 is 23.4 Å². The lowest BCUT2D eigenvalue weighted by Gasteiger charge is -2.24. The number of aromatic nitrogens is 1. The molecule has 1 aliphatic heterocycles. The standard InChI is InChI=1S/C28H29FN4O4/c1-17(2)19-7-5-18(6-8-19)15-31-28(37)33-13-3-4-24(33)26(34)32-25-12-10-21(16-30-25)20-9-11-22(27(35)36)23(29)14-20/h5-12,14,16-17,24H,3-4,13,15H2,1-2H3,(H,31,37)(H,35,36)(H,30,32,34)/t24-/m1/s1. The Labute approximate surface area is 214 Å². The average molecular weight is 505 g/mol. The molecular weight excluding hydrogens is 475 g/mol. The molecule has 1 atom stereocenters. The Morgan fingerprint density at radius 3 is 2.43 bits per heavy atom. The molecule has 1 saturated heterocycles. The van der Waals surface area contributed by atoms with Gasteiger partial charge in [0.15, 0.2) is 0 Å². The molecule has 0 radical (unpaired) electrons. The second-order valence-electron chi connectivity index (χ2n) is 9.33. The average Bonchev–Trinajstić information content (AvgIpc) is 3.38. The SMILES string of the molecule is CC(C)c1ccc(CNC(=O)N2CCC[C@@H]2C(=O)Nc2ccc(-c3ccc(C(=O)O)c(F)c3)cn2)cc1. The summed E-state index contributed by atoms with van der Waals surface area (Å²) >= 11 is 0. The molecule has 1 aliphatic rings. The van der Waals surface area contributed by atoms with Gasteiger partial charge in [-0.05, 0) is 59.7 Å². The predicted molar refractivity (Wildman–Crippen MR) is 138 cm³/mol. The molecule has 1 aromatic heterocycles. The van der Waals surface area contributed by atoms with E-state index in [-0.39, 0.29) is 11.9 Å². The van der Waals surface area contributed by atoms with Crippen molar-refractivity contribution in [1.82, 2.24) is 15.2 Å². The Morgan fingerprint density at radius 1 is 1.08 bits per heavy atom. The molecule has 3 N–H and O–H groups in total. The second kappa shape index (κ2) is 11.2. The van der Waals surface area contributed by atoms with Crippen molar-refractivity contribution in [2.75, 3.05) is 11.9 Å². The van der Waals surface area contributed by atoms with Gasteiger partial charge < -0.3 is 20.6 Å². The van der Waals surface area contributed by atoms with E-state index in [2.05, 4.69) is 41.6 Å². The van der Waals surface area contributed by atoms with Crippen LogP contribution in [0.5, 0.6) is 0 Å². The van der Waals surface area contributed by atoms with E-state index in [1.54, 1.807) is 17.0 Å². The van der Waals surface area contributed by atoms with Crippen LogP contribution < -0.4 is 10.6 Å². The minimum atomic E-state index is -1.34. The van der Waals surface area contributed by atoms with E-state index in [9.17, 15) is 18.8 Å². The number of anilines is 1. The summed E-state index contributed by atoms with van der Waals surface area (Å²) in [6, 6.07) is 14.3. The van der Waals surface area contributed by atoms with Gasteiger partial charge in [-0.3, -0.25) is 4.79 Å². The molecule has 0 aliphatic carbocycles.